The molecule has 3 heteroatoms. The summed E-state index contributed by atoms with van der Waals surface area (Å²) in [5, 5.41) is 5.31. The average Bonchev–Trinajstić information content (AvgIpc) is 3.87. The third-order valence-corrected chi connectivity index (χ3v) is 13.2. The summed E-state index contributed by atoms with van der Waals surface area (Å²) >= 11 is 0.340. The second-order valence-corrected chi connectivity index (χ2v) is 16.0. The molecule has 0 fully saturated rings. The Morgan fingerprint density at radius 1 is 0.404 bits per heavy atom. The molecule has 8 aromatic carbocycles. The Hall–Kier alpha value is -6.12. The molecule has 0 amide bonds. The molecule has 52 heavy (non-hydrogen) atoms. The van der Waals surface area contributed by atoms with Crippen molar-refractivity contribution in [1.29, 1.82) is 0 Å². The van der Waals surface area contributed by atoms with Crippen LogP contribution >= 0.6 is 0 Å². The van der Waals surface area contributed by atoms with Gasteiger partial charge in [0.25, 0.3) is 0 Å². The van der Waals surface area contributed by atoms with E-state index in [2.05, 4.69) is 191 Å². The summed E-state index contributed by atoms with van der Waals surface area (Å²) < 4.78 is 5.36. The van der Waals surface area contributed by atoms with Gasteiger partial charge >= 0.3 is 203 Å². The average molecular weight is 728 g/mol. The van der Waals surface area contributed by atoms with Crippen LogP contribution in [0.15, 0.2) is 182 Å². The summed E-state index contributed by atoms with van der Waals surface area (Å²) in [7, 11) is 0. The van der Waals surface area contributed by atoms with Gasteiger partial charge in [0.2, 0.25) is 0 Å². The van der Waals surface area contributed by atoms with Gasteiger partial charge in [0.05, 0.1) is 5.52 Å². The first-order chi connectivity index (χ1) is 25.8. The van der Waals surface area contributed by atoms with Gasteiger partial charge in [0, 0.05) is 11.1 Å². The van der Waals surface area contributed by atoms with Gasteiger partial charge in [-0.15, -0.1) is 0 Å². The van der Waals surface area contributed by atoms with Crippen LogP contribution in [0.2, 0.25) is 0 Å². The molecular formula is C49H32N2Se. The Kier molecular flexibility index (Phi) is 6.67. The maximum absolute atomic E-state index is 2.43. The van der Waals surface area contributed by atoms with Crippen molar-refractivity contribution in [2.45, 2.75) is 6.42 Å². The van der Waals surface area contributed by atoms with Gasteiger partial charge in [-0.3, -0.25) is 0 Å². The van der Waals surface area contributed by atoms with Crippen LogP contribution in [0.5, 0.6) is 0 Å². The molecule has 0 radical (unpaired) electrons. The number of anilines is 3. The minimum Gasteiger partial charge on any atom is -0.0602 e. The molecule has 2 heterocycles. The van der Waals surface area contributed by atoms with Crippen molar-refractivity contribution in [3.8, 4) is 27.9 Å². The molecule has 10 aromatic rings. The third-order valence-electron chi connectivity index (χ3n) is 10.8. The Morgan fingerprint density at radius 3 is 1.94 bits per heavy atom. The van der Waals surface area contributed by atoms with Crippen LogP contribution in [0.3, 0.4) is 0 Å². The second-order valence-electron chi connectivity index (χ2n) is 13.8. The second kappa shape index (κ2) is 11.7. The van der Waals surface area contributed by atoms with E-state index in [4.69, 9.17) is 0 Å². The number of hydrogen-bond acceptors (Lipinski definition) is 1. The summed E-state index contributed by atoms with van der Waals surface area (Å²) in [6.07, 6.45) is 0.955. The molecule has 0 unspecified atom stereocenters. The Balaban J connectivity index is 1.07. The maximum atomic E-state index is 2.43. The molecule has 2 nitrogen and oxygen atoms in total. The zero-order valence-electron chi connectivity index (χ0n) is 28.3. The standard InChI is InChI=1S/C49H32N2Se/c1-2-11-36(12-3-1)51-46-16-8-6-14-42(46)43-27-24-39(31-47(43)51)50(38-23-26-41-35(29-38)28-34-10-4-5-13-40(34)41)37-21-18-32(19-22-37)33-20-25-45-44-15-7-9-17-48(44)52-49(45)30-33/h1-27,29-31H,28H2. The predicted octanol–water partition coefficient (Wildman–Crippen LogP) is 12.9. The molecule has 0 bridgehead atoms. The molecule has 1 aliphatic carbocycles. The van der Waals surface area contributed by atoms with E-state index >= 15 is 0 Å². The maximum Gasteiger partial charge on any atom is -0.0380 e. The van der Waals surface area contributed by atoms with Gasteiger partial charge < -0.3 is 0 Å². The molecule has 0 spiro atoms. The van der Waals surface area contributed by atoms with Crippen molar-refractivity contribution in [3.05, 3.63) is 193 Å². The van der Waals surface area contributed by atoms with E-state index in [-0.39, 0.29) is 0 Å². The van der Waals surface area contributed by atoms with Gasteiger partial charge in [-0.25, -0.2) is 0 Å². The number of benzene rings is 8. The number of fused-ring (bicyclic) bond motifs is 9. The van der Waals surface area contributed by atoms with Crippen LogP contribution in [-0.4, -0.2) is 19.1 Å². The smallest absolute Gasteiger partial charge is 0.0380 e. The van der Waals surface area contributed by atoms with Crippen LogP contribution < -0.4 is 4.90 Å². The van der Waals surface area contributed by atoms with Crippen LogP contribution in [0.4, 0.5) is 17.1 Å². The van der Waals surface area contributed by atoms with E-state index in [1.807, 2.05) is 0 Å². The molecule has 0 N–H and O–H groups in total. The van der Waals surface area contributed by atoms with E-state index in [0.29, 0.717) is 14.5 Å². The zero-order valence-corrected chi connectivity index (χ0v) is 30.0. The molecule has 244 valence electrons. The molecule has 11 rings (SSSR count). The molecule has 0 saturated heterocycles. The van der Waals surface area contributed by atoms with E-state index < -0.39 is 0 Å². The number of hydrogen-bond donors (Lipinski definition) is 0. The Morgan fingerprint density at radius 2 is 1.04 bits per heavy atom. The zero-order chi connectivity index (χ0) is 34.2. The van der Waals surface area contributed by atoms with Gasteiger partial charge in [-0.05, 0) is 29.3 Å². The van der Waals surface area contributed by atoms with Gasteiger partial charge in [-0.1, -0.05) is 60.7 Å². The fourth-order valence-corrected chi connectivity index (χ4v) is 10.8. The predicted molar refractivity (Wildman–Crippen MR) is 221 cm³/mol. The fourth-order valence-electron chi connectivity index (χ4n) is 8.38. The third kappa shape index (κ3) is 4.64. The summed E-state index contributed by atoms with van der Waals surface area (Å²) in [5.74, 6) is 0. The van der Waals surface area contributed by atoms with Crippen molar-refractivity contribution in [2.24, 2.45) is 0 Å². The van der Waals surface area contributed by atoms with Crippen molar-refractivity contribution >= 4 is 72.7 Å². The van der Waals surface area contributed by atoms with Crippen LogP contribution in [-0.2, 0) is 6.42 Å². The Bertz CT molecular complexity index is 2990. The van der Waals surface area contributed by atoms with E-state index in [0.717, 1.165) is 23.5 Å². The normalized spacial score (nSPS) is 12.2. The van der Waals surface area contributed by atoms with Crippen molar-refractivity contribution in [3.63, 3.8) is 0 Å². The summed E-state index contributed by atoms with van der Waals surface area (Å²) in [6, 6.07) is 67.4. The minimum atomic E-state index is 0.340. The van der Waals surface area contributed by atoms with Crippen molar-refractivity contribution in [1.82, 2.24) is 4.57 Å². The topological polar surface area (TPSA) is 8.17 Å². The minimum absolute atomic E-state index is 0.340. The van der Waals surface area contributed by atoms with Gasteiger partial charge in [0.1, 0.15) is 0 Å². The van der Waals surface area contributed by atoms with Gasteiger partial charge in [0.15, 0.2) is 0 Å². The van der Waals surface area contributed by atoms with Crippen LogP contribution in [0.1, 0.15) is 11.1 Å². The number of aromatic nitrogens is 1. The van der Waals surface area contributed by atoms with Crippen LogP contribution in [0, 0.1) is 0 Å². The fraction of sp³-hybridized carbons (Fsp3) is 0.0204. The number of para-hydroxylation sites is 2. The van der Waals surface area contributed by atoms with Crippen molar-refractivity contribution < 1.29 is 0 Å². The number of rotatable bonds is 5. The molecule has 0 atom stereocenters. The molecule has 0 aliphatic heterocycles. The molecule has 1 aliphatic rings. The quantitative estimate of drug-likeness (QED) is 0.160. The largest absolute Gasteiger partial charge is 0.0602 e. The molecular weight excluding hydrogens is 696 g/mol. The van der Waals surface area contributed by atoms with E-state index in [1.165, 1.54) is 80.2 Å². The Labute approximate surface area is 308 Å². The van der Waals surface area contributed by atoms with E-state index in [1.54, 1.807) is 0 Å². The first-order valence-electron chi connectivity index (χ1n) is 17.9. The summed E-state index contributed by atoms with van der Waals surface area (Å²) in [6.45, 7) is 0. The molecule has 2 aromatic heterocycles. The van der Waals surface area contributed by atoms with Crippen LogP contribution in [0.25, 0.3) is 69.0 Å². The van der Waals surface area contributed by atoms with Gasteiger partial charge in [-0.2, -0.15) is 0 Å². The first-order valence-corrected chi connectivity index (χ1v) is 19.6. The summed E-state index contributed by atoms with van der Waals surface area (Å²) in [4.78, 5) is 2.43. The monoisotopic (exact) mass is 728 g/mol. The summed E-state index contributed by atoms with van der Waals surface area (Å²) in [5.41, 5.74) is 15.0. The van der Waals surface area contributed by atoms with E-state index in [9.17, 15) is 0 Å². The SMILES string of the molecule is c1ccc(-n2c3ccccc3c3ccc(N(c4ccc(-c5ccc6c(c5)[se]c5ccccc56)cc4)c4ccc5c(c4)Cc4ccccc4-5)cc32)cc1. The van der Waals surface area contributed by atoms with Crippen molar-refractivity contribution in [2.75, 3.05) is 4.90 Å². The molecule has 0 saturated carbocycles. The number of nitrogens with zero attached hydrogens (tertiary/aromatic N) is 2. The first kappa shape index (κ1) is 29.6.